The molecular formula is C12H21N. The predicted octanol–water partition coefficient (Wildman–Crippen LogP) is 2.85. The molecule has 0 aromatic carbocycles. The van der Waals surface area contributed by atoms with Gasteiger partial charge in [0.25, 0.3) is 0 Å². The molecule has 1 saturated heterocycles. The van der Waals surface area contributed by atoms with Gasteiger partial charge in [-0.2, -0.15) is 0 Å². The lowest BCUT2D eigenvalue weighted by Gasteiger charge is -2.51. The third-order valence-electron chi connectivity index (χ3n) is 5.04. The normalized spacial score (nSPS) is 35.1. The first kappa shape index (κ1) is 8.28. The average Bonchev–Trinajstić information content (AvgIpc) is 2.53. The summed E-state index contributed by atoms with van der Waals surface area (Å²) in [5.41, 5.74) is 1.45. The monoisotopic (exact) mass is 179 g/mol. The van der Waals surface area contributed by atoms with E-state index in [1.165, 1.54) is 51.5 Å². The summed E-state index contributed by atoms with van der Waals surface area (Å²) in [4.78, 5) is 0. The van der Waals surface area contributed by atoms with Crippen LogP contribution in [0.1, 0.15) is 57.8 Å². The Morgan fingerprint density at radius 2 is 1.31 bits per heavy atom. The van der Waals surface area contributed by atoms with Gasteiger partial charge in [0.05, 0.1) is 0 Å². The van der Waals surface area contributed by atoms with E-state index < -0.39 is 0 Å². The standard InChI is InChI=1S/C12H21N/c1-2-4-11(3-1)5-7-12(8-6-11)9-10-13-12/h13H,1-10H2. The Bertz CT molecular complexity index is 187. The lowest BCUT2D eigenvalue weighted by Crippen LogP contribution is -2.59. The minimum atomic E-state index is 0.633. The van der Waals surface area contributed by atoms with Crippen molar-refractivity contribution < 1.29 is 0 Å². The fourth-order valence-corrected chi connectivity index (χ4v) is 3.79. The lowest BCUT2D eigenvalue weighted by atomic mass is 9.63. The van der Waals surface area contributed by atoms with Gasteiger partial charge in [0, 0.05) is 5.54 Å². The van der Waals surface area contributed by atoms with E-state index >= 15 is 0 Å². The molecule has 3 fully saturated rings. The zero-order valence-corrected chi connectivity index (χ0v) is 8.57. The predicted molar refractivity (Wildman–Crippen MR) is 54.7 cm³/mol. The van der Waals surface area contributed by atoms with Crippen LogP contribution in [0.4, 0.5) is 0 Å². The highest BCUT2D eigenvalue weighted by Gasteiger charge is 2.46. The van der Waals surface area contributed by atoms with Crippen LogP contribution in [0.2, 0.25) is 0 Å². The second-order valence-corrected chi connectivity index (χ2v) is 5.66. The molecule has 3 rings (SSSR count). The van der Waals surface area contributed by atoms with Gasteiger partial charge in [-0.15, -0.1) is 0 Å². The van der Waals surface area contributed by atoms with Crippen LogP contribution in [0.25, 0.3) is 0 Å². The molecule has 1 heteroatoms. The van der Waals surface area contributed by atoms with Crippen molar-refractivity contribution in [1.82, 2.24) is 5.32 Å². The summed E-state index contributed by atoms with van der Waals surface area (Å²) in [6, 6.07) is 0. The SMILES string of the molecule is C1CCC2(C1)CCC1(CCN1)CC2. The van der Waals surface area contributed by atoms with Crippen molar-refractivity contribution in [2.45, 2.75) is 63.3 Å². The molecule has 3 aliphatic rings. The van der Waals surface area contributed by atoms with Crippen molar-refractivity contribution in [3.05, 3.63) is 0 Å². The fourth-order valence-electron chi connectivity index (χ4n) is 3.79. The Morgan fingerprint density at radius 1 is 0.692 bits per heavy atom. The summed E-state index contributed by atoms with van der Waals surface area (Å²) in [6.45, 7) is 1.28. The minimum absolute atomic E-state index is 0.633. The van der Waals surface area contributed by atoms with Gasteiger partial charge >= 0.3 is 0 Å². The maximum absolute atomic E-state index is 3.67. The molecular weight excluding hydrogens is 158 g/mol. The summed E-state index contributed by atoms with van der Waals surface area (Å²) in [5.74, 6) is 0. The van der Waals surface area contributed by atoms with Crippen LogP contribution in [0.3, 0.4) is 0 Å². The maximum atomic E-state index is 3.67. The molecule has 0 amide bonds. The Morgan fingerprint density at radius 3 is 1.77 bits per heavy atom. The maximum Gasteiger partial charge on any atom is 0.0194 e. The van der Waals surface area contributed by atoms with E-state index in [-0.39, 0.29) is 0 Å². The molecule has 2 saturated carbocycles. The first-order valence-electron chi connectivity index (χ1n) is 6.08. The molecule has 0 aromatic rings. The van der Waals surface area contributed by atoms with Gasteiger partial charge in [0.15, 0.2) is 0 Å². The van der Waals surface area contributed by atoms with Crippen LogP contribution in [0, 0.1) is 5.41 Å². The highest BCUT2D eigenvalue weighted by atomic mass is 15.0. The average molecular weight is 179 g/mol. The Kier molecular flexibility index (Phi) is 1.74. The van der Waals surface area contributed by atoms with Gasteiger partial charge in [0.1, 0.15) is 0 Å². The molecule has 1 aliphatic heterocycles. The summed E-state index contributed by atoms with van der Waals surface area (Å²) in [5, 5.41) is 3.67. The molecule has 0 radical (unpaired) electrons. The number of hydrogen-bond donors (Lipinski definition) is 1. The Labute approximate surface area is 81.3 Å². The molecule has 0 atom stereocenters. The fraction of sp³-hybridized carbons (Fsp3) is 1.00. The van der Waals surface area contributed by atoms with Crippen LogP contribution in [-0.4, -0.2) is 12.1 Å². The lowest BCUT2D eigenvalue weighted by molar-refractivity contribution is 0.0660. The van der Waals surface area contributed by atoms with Gasteiger partial charge in [-0.05, 0) is 56.9 Å². The van der Waals surface area contributed by atoms with Crippen LogP contribution < -0.4 is 5.32 Å². The van der Waals surface area contributed by atoms with Crippen LogP contribution in [-0.2, 0) is 0 Å². The molecule has 2 aliphatic carbocycles. The van der Waals surface area contributed by atoms with E-state index in [9.17, 15) is 0 Å². The summed E-state index contributed by atoms with van der Waals surface area (Å²) in [7, 11) is 0. The van der Waals surface area contributed by atoms with Crippen LogP contribution in [0.15, 0.2) is 0 Å². The summed E-state index contributed by atoms with van der Waals surface area (Å²) < 4.78 is 0. The number of nitrogens with one attached hydrogen (secondary N) is 1. The molecule has 1 heterocycles. The van der Waals surface area contributed by atoms with E-state index in [0.717, 1.165) is 5.41 Å². The molecule has 74 valence electrons. The molecule has 13 heavy (non-hydrogen) atoms. The van der Waals surface area contributed by atoms with Gasteiger partial charge in [-0.25, -0.2) is 0 Å². The highest BCUT2D eigenvalue weighted by Crippen LogP contribution is 2.52. The molecule has 2 spiro atoms. The molecule has 1 nitrogen and oxygen atoms in total. The minimum Gasteiger partial charge on any atom is -0.311 e. The molecule has 0 bridgehead atoms. The van der Waals surface area contributed by atoms with E-state index in [0.29, 0.717) is 5.54 Å². The van der Waals surface area contributed by atoms with E-state index in [2.05, 4.69) is 5.32 Å². The van der Waals surface area contributed by atoms with Crippen molar-refractivity contribution in [3.8, 4) is 0 Å². The number of rotatable bonds is 0. The molecule has 1 N–H and O–H groups in total. The Hall–Kier alpha value is -0.0400. The van der Waals surface area contributed by atoms with Gasteiger partial charge in [-0.1, -0.05) is 12.8 Å². The van der Waals surface area contributed by atoms with Crippen LogP contribution >= 0.6 is 0 Å². The van der Waals surface area contributed by atoms with E-state index in [1.54, 1.807) is 12.8 Å². The number of hydrogen-bond acceptors (Lipinski definition) is 1. The van der Waals surface area contributed by atoms with E-state index in [4.69, 9.17) is 0 Å². The quantitative estimate of drug-likeness (QED) is 0.603. The third-order valence-corrected chi connectivity index (χ3v) is 5.04. The van der Waals surface area contributed by atoms with Crippen LogP contribution in [0.5, 0.6) is 0 Å². The first-order chi connectivity index (χ1) is 6.33. The largest absolute Gasteiger partial charge is 0.311 e. The second-order valence-electron chi connectivity index (χ2n) is 5.66. The second kappa shape index (κ2) is 2.73. The third kappa shape index (κ3) is 1.24. The molecule has 0 unspecified atom stereocenters. The smallest absolute Gasteiger partial charge is 0.0194 e. The van der Waals surface area contributed by atoms with E-state index in [1.807, 2.05) is 0 Å². The van der Waals surface area contributed by atoms with Crippen molar-refractivity contribution in [3.63, 3.8) is 0 Å². The Balaban J connectivity index is 1.66. The summed E-state index contributed by atoms with van der Waals surface area (Å²) >= 11 is 0. The van der Waals surface area contributed by atoms with Crippen molar-refractivity contribution in [2.24, 2.45) is 5.41 Å². The van der Waals surface area contributed by atoms with Gasteiger partial charge in [0.2, 0.25) is 0 Å². The zero-order chi connectivity index (χ0) is 8.78. The van der Waals surface area contributed by atoms with Gasteiger partial charge in [-0.3, -0.25) is 0 Å². The molecule has 0 aromatic heterocycles. The van der Waals surface area contributed by atoms with Crippen molar-refractivity contribution in [2.75, 3.05) is 6.54 Å². The topological polar surface area (TPSA) is 12.0 Å². The van der Waals surface area contributed by atoms with Crippen molar-refractivity contribution >= 4 is 0 Å². The van der Waals surface area contributed by atoms with Crippen molar-refractivity contribution in [1.29, 1.82) is 0 Å². The summed E-state index contributed by atoms with van der Waals surface area (Å²) in [6.07, 6.45) is 13.6. The van der Waals surface area contributed by atoms with Gasteiger partial charge < -0.3 is 5.32 Å². The first-order valence-corrected chi connectivity index (χ1v) is 6.08. The highest BCUT2D eigenvalue weighted by molar-refractivity contribution is 5.03. The zero-order valence-electron chi connectivity index (χ0n) is 8.57.